The van der Waals surface area contributed by atoms with Gasteiger partial charge in [-0.2, -0.15) is 4.31 Å². The van der Waals surface area contributed by atoms with Gasteiger partial charge in [0, 0.05) is 32.2 Å². The van der Waals surface area contributed by atoms with Gasteiger partial charge < -0.3 is 19.1 Å². The maximum Gasteiger partial charge on any atom is 0.409 e. The van der Waals surface area contributed by atoms with Gasteiger partial charge in [0.15, 0.2) is 11.5 Å². The van der Waals surface area contributed by atoms with Crippen LogP contribution in [-0.4, -0.2) is 63.8 Å². The lowest BCUT2D eigenvalue weighted by Gasteiger charge is -2.33. The van der Waals surface area contributed by atoms with Crippen molar-refractivity contribution in [2.75, 3.05) is 40.1 Å². The van der Waals surface area contributed by atoms with Crippen LogP contribution in [0.2, 0.25) is 0 Å². The molecule has 1 aromatic carbocycles. The van der Waals surface area contributed by atoms with Crippen molar-refractivity contribution < 1.29 is 27.4 Å². The van der Waals surface area contributed by atoms with Gasteiger partial charge in [-0.05, 0) is 12.1 Å². The van der Waals surface area contributed by atoms with Gasteiger partial charge in [-0.15, -0.1) is 0 Å². The van der Waals surface area contributed by atoms with E-state index in [0.717, 1.165) is 0 Å². The third kappa shape index (κ3) is 2.57. The summed E-state index contributed by atoms with van der Waals surface area (Å²) in [5.74, 6) is 0.962. The first-order chi connectivity index (χ1) is 10.5. The molecule has 0 radical (unpaired) electrons. The molecule has 9 heteroatoms. The van der Waals surface area contributed by atoms with Crippen LogP contribution in [0.3, 0.4) is 0 Å². The minimum Gasteiger partial charge on any atom is -0.454 e. The lowest BCUT2D eigenvalue weighted by molar-refractivity contribution is 0.108. The summed E-state index contributed by atoms with van der Waals surface area (Å²) in [6, 6.07) is 4.54. The summed E-state index contributed by atoms with van der Waals surface area (Å²) >= 11 is 0. The topological polar surface area (TPSA) is 85.4 Å². The fourth-order valence-electron chi connectivity index (χ4n) is 2.43. The molecular weight excluding hydrogens is 312 g/mol. The largest absolute Gasteiger partial charge is 0.454 e. The fraction of sp³-hybridized carbons (Fsp3) is 0.462. The van der Waals surface area contributed by atoms with Crippen molar-refractivity contribution in [3.05, 3.63) is 18.2 Å². The van der Waals surface area contributed by atoms with Crippen molar-refractivity contribution in [2.45, 2.75) is 4.90 Å². The number of hydrogen-bond acceptors (Lipinski definition) is 6. The van der Waals surface area contributed by atoms with Crippen LogP contribution in [0.5, 0.6) is 11.5 Å². The number of carbonyl (C=O) groups is 1. The SMILES string of the molecule is COC(=O)N1CCN(S(=O)(=O)c2ccc3c(c2)OCO3)CC1. The third-order valence-corrected chi connectivity index (χ3v) is 5.55. The Balaban J connectivity index is 1.75. The molecule has 3 rings (SSSR count). The molecular formula is C13H16N2O6S. The fourth-order valence-corrected chi connectivity index (χ4v) is 3.86. The number of benzene rings is 1. The van der Waals surface area contributed by atoms with E-state index in [1.54, 1.807) is 6.07 Å². The van der Waals surface area contributed by atoms with Crippen molar-refractivity contribution >= 4 is 16.1 Å². The number of sulfonamides is 1. The molecule has 0 bridgehead atoms. The van der Waals surface area contributed by atoms with Gasteiger partial charge in [-0.3, -0.25) is 0 Å². The van der Waals surface area contributed by atoms with Crippen molar-refractivity contribution in [2.24, 2.45) is 0 Å². The average Bonchev–Trinajstić information content (AvgIpc) is 3.01. The maximum atomic E-state index is 12.6. The molecule has 2 aliphatic heterocycles. The minimum atomic E-state index is -3.62. The molecule has 1 aromatic rings. The Kier molecular flexibility index (Phi) is 3.83. The second-order valence-electron chi connectivity index (χ2n) is 4.88. The smallest absolute Gasteiger partial charge is 0.409 e. The highest BCUT2D eigenvalue weighted by Crippen LogP contribution is 2.34. The number of carbonyl (C=O) groups excluding carboxylic acids is 1. The van der Waals surface area contributed by atoms with E-state index in [4.69, 9.17) is 9.47 Å². The van der Waals surface area contributed by atoms with Crippen molar-refractivity contribution in [3.8, 4) is 11.5 Å². The molecule has 0 aliphatic carbocycles. The predicted octanol–water partition coefficient (Wildman–Crippen LogP) is 0.488. The molecule has 1 amide bonds. The van der Waals surface area contributed by atoms with Gasteiger partial charge in [-0.25, -0.2) is 13.2 Å². The van der Waals surface area contributed by atoms with Gasteiger partial charge in [-0.1, -0.05) is 0 Å². The number of nitrogens with zero attached hydrogens (tertiary/aromatic N) is 2. The Morgan fingerprint density at radius 1 is 1.14 bits per heavy atom. The number of hydrogen-bond donors (Lipinski definition) is 0. The second-order valence-corrected chi connectivity index (χ2v) is 6.81. The van der Waals surface area contributed by atoms with Crippen LogP contribution in [0.25, 0.3) is 0 Å². The van der Waals surface area contributed by atoms with Gasteiger partial charge in [0.25, 0.3) is 0 Å². The van der Waals surface area contributed by atoms with Crippen LogP contribution < -0.4 is 9.47 Å². The molecule has 1 fully saturated rings. The molecule has 0 aromatic heterocycles. The maximum absolute atomic E-state index is 12.6. The summed E-state index contributed by atoms with van der Waals surface area (Å²) in [5.41, 5.74) is 0. The van der Waals surface area contributed by atoms with E-state index in [1.807, 2.05) is 0 Å². The zero-order valence-electron chi connectivity index (χ0n) is 12.0. The third-order valence-electron chi connectivity index (χ3n) is 3.65. The molecule has 0 saturated carbocycles. The lowest BCUT2D eigenvalue weighted by atomic mass is 10.3. The zero-order chi connectivity index (χ0) is 15.7. The van der Waals surface area contributed by atoms with Crippen LogP contribution in [0.1, 0.15) is 0 Å². The highest BCUT2D eigenvalue weighted by atomic mass is 32.2. The Morgan fingerprint density at radius 3 is 2.50 bits per heavy atom. The van der Waals surface area contributed by atoms with Gasteiger partial charge in [0.1, 0.15) is 0 Å². The first kappa shape index (κ1) is 14.9. The number of ether oxygens (including phenoxy) is 3. The Labute approximate surface area is 128 Å². The Hall–Kier alpha value is -2.00. The van der Waals surface area contributed by atoms with Gasteiger partial charge >= 0.3 is 6.09 Å². The standard InChI is InChI=1S/C13H16N2O6S/c1-19-13(16)14-4-6-15(7-5-14)22(17,18)10-2-3-11-12(8-10)21-9-20-11/h2-3,8H,4-7,9H2,1H3. The number of piperazine rings is 1. The number of amides is 1. The number of methoxy groups -OCH3 is 1. The summed E-state index contributed by atoms with van der Waals surface area (Å²) in [5, 5.41) is 0. The molecule has 0 atom stereocenters. The molecule has 8 nitrogen and oxygen atoms in total. The quantitative estimate of drug-likeness (QED) is 0.785. The Morgan fingerprint density at radius 2 is 1.82 bits per heavy atom. The van der Waals surface area contributed by atoms with Crippen LogP contribution in [-0.2, 0) is 14.8 Å². The molecule has 2 aliphatic rings. The lowest BCUT2D eigenvalue weighted by Crippen LogP contribution is -2.50. The normalized spacial score (nSPS) is 18.3. The number of fused-ring (bicyclic) bond motifs is 1. The second kappa shape index (κ2) is 5.65. The predicted molar refractivity (Wildman–Crippen MR) is 75.3 cm³/mol. The molecule has 2 heterocycles. The average molecular weight is 328 g/mol. The monoisotopic (exact) mass is 328 g/mol. The first-order valence-corrected chi connectivity index (χ1v) is 8.19. The van der Waals surface area contributed by atoms with Gasteiger partial charge in [0.2, 0.25) is 16.8 Å². The molecule has 0 N–H and O–H groups in total. The highest BCUT2D eigenvalue weighted by molar-refractivity contribution is 7.89. The Bertz CT molecular complexity index is 682. The zero-order valence-corrected chi connectivity index (χ0v) is 12.8. The summed E-state index contributed by atoms with van der Waals surface area (Å²) in [6.45, 7) is 1.15. The number of rotatable bonds is 2. The summed E-state index contributed by atoms with van der Waals surface area (Å²) in [4.78, 5) is 13.1. The molecule has 0 unspecified atom stereocenters. The van der Waals surface area contributed by atoms with E-state index in [2.05, 4.69) is 4.74 Å². The highest BCUT2D eigenvalue weighted by Gasteiger charge is 2.31. The first-order valence-electron chi connectivity index (χ1n) is 6.75. The van der Waals surface area contributed by atoms with E-state index in [9.17, 15) is 13.2 Å². The molecule has 120 valence electrons. The van der Waals surface area contributed by atoms with E-state index >= 15 is 0 Å². The minimum absolute atomic E-state index is 0.0939. The van der Waals surface area contributed by atoms with Crippen LogP contribution >= 0.6 is 0 Å². The van der Waals surface area contributed by atoms with Crippen molar-refractivity contribution in [3.63, 3.8) is 0 Å². The van der Waals surface area contributed by atoms with E-state index < -0.39 is 16.1 Å². The van der Waals surface area contributed by atoms with Crippen LogP contribution in [0.4, 0.5) is 4.79 Å². The van der Waals surface area contributed by atoms with E-state index in [0.29, 0.717) is 24.6 Å². The van der Waals surface area contributed by atoms with Crippen molar-refractivity contribution in [1.82, 2.24) is 9.21 Å². The summed E-state index contributed by atoms with van der Waals surface area (Å²) < 4.78 is 41.6. The summed E-state index contributed by atoms with van der Waals surface area (Å²) in [7, 11) is -2.32. The van der Waals surface area contributed by atoms with E-state index in [-0.39, 0.29) is 24.8 Å². The van der Waals surface area contributed by atoms with Crippen molar-refractivity contribution in [1.29, 1.82) is 0 Å². The summed E-state index contributed by atoms with van der Waals surface area (Å²) in [6.07, 6.45) is -0.444. The molecule has 0 spiro atoms. The molecule has 1 saturated heterocycles. The van der Waals surface area contributed by atoms with Gasteiger partial charge in [0.05, 0.1) is 12.0 Å². The van der Waals surface area contributed by atoms with Crippen LogP contribution in [0.15, 0.2) is 23.1 Å². The van der Waals surface area contributed by atoms with E-state index in [1.165, 1.54) is 28.4 Å². The molecule has 22 heavy (non-hydrogen) atoms. The van der Waals surface area contributed by atoms with Crippen LogP contribution in [0, 0.1) is 0 Å².